The van der Waals surface area contributed by atoms with E-state index in [4.69, 9.17) is 29.7 Å². The maximum Gasteiger partial charge on any atom is 0.290 e. The van der Waals surface area contributed by atoms with E-state index >= 15 is 0 Å². The molecule has 0 bridgehead atoms. The van der Waals surface area contributed by atoms with Crippen LogP contribution in [0.1, 0.15) is 0 Å². The van der Waals surface area contributed by atoms with Gasteiger partial charge in [-0.3, -0.25) is 14.4 Å². The van der Waals surface area contributed by atoms with Gasteiger partial charge in [0.2, 0.25) is 0 Å². The van der Waals surface area contributed by atoms with E-state index in [-0.39, 0.29) is 41.1 Å². The normalized spacial score (nSPS) is 7.83. The number of hydrogen-bond donors (Lipinski definition) is 3. The summed E-state index contributed by atoms with van der Waals surface area (Å²) < 4.78 is 0. The molecule has 3 aromatic carbocycles. The largest absolute Gasteiger partial charge is 0.483 e. The minimum absolute atomic E-state index is 0. The summed E-state index contributed by atoms with van der Waals surface area (Å²) in [6.45, 7) is -0.750. The molecule has 0 aliphatic heterocycles. The second-order valence-electron chi connectivity index (χ2n) is 3.64. The summed E-state index contributed by atoms with van der Waals surface area (Å²) in [7, 11) is 0. The maximum absolute atomic E-state index is 8.36. The fourth-order valence-electron chi connectivity index (χ4n) is 1.90. The van der Waals surface area contributed by atoms with Crippen molar-refractivity contribution in [3.63, 3.8) is 0 Å². The topological polar surface area (TPSA) is 112 Å². The summed E-state index contributed by atoms with van der Waals surface area (Å²) >= 11 is 0. The number of fused-ring (bicyclic) bond motifs is 3. The molecule has 0 spiro atoms. The number of rotatable bonds is 0. The Morgan fingerprint density at radius 2 is 0.913 bits per heavy atom. The van der Waals surface area contributed by atoms with Gasteiger partial charge in [-0.2, -0.15) is 0 Å². The van der Waals surface area contributed by atoms with Crippen molar-refractivity contribution in [1.29, 1.82) is 0 Å². The van der Waals surface area contributed by atoms with E-state index in [1.165, 1.54) is 21.5 Å². The summed E-state index contributed by atoms with van der Waals surface area (Å²) in [4.78, 5) is 25.1. The van der Waals surface area contributed by atoms with Crippen LogP contribution in [0.4, 0.5) is 0 Å². The summed E-state index contributed by atoms with van der Waals surface area (Å²) in [6.07, 6.45) is 0. The fraction of sp³-hybridized carbons (Fsp3) is 0. The standard InChI is InChI=1S/C13H9.3CH2O2.Ti/c1-3-7-12-10(5-1)9-11-6-2-4-8-13(11)12;3*2-1-3;/h1-9H;3*1H,(H,2,3);/q-1;;;;. The average molecular weight is 351 g/mol. The molecule has 0 aliphatic carbocycles. The van der Waals surface area contributed by atoms with Gasteiger partial charge in [0, 0.05) is 21.7 Å². The molecule has 3 N–H and O–H groups in total. The van der Waals surface area contributed by atoms with E-state index in [0.717, 1.165) is 0 Å². The van der Waals surface area contributed by atoms with Gasteiger partial charge in [-0.1, -0.05) is 36.4 Å². The van der Waals surface area contributed by atoms with Gasteiger partial charge in [0.25, 0.3) is 19.4 Å². The molecule has 0 aromatic heterocycles. The monoisotopic (exact) mass is 351 g/mol. The third kappa shape index (κ3) is 7.85. The minimum atomic E-state index is -0.250. The molecule has 0 saturated heterocycles. The van der Waals surface area contributed by atoms with Gasteiger partial charge in [0.05, 0.1) is 0 Å². The first-order valence-corrected chi connectivity index (χ1v) is 5.96. The molecule has 6 nitrogen and oxygen atoms in total. The van der Waals surface area contributed by atoms with Crippen molar-refractivity contribution in [2.45, 2.75) is 0 Å². The molecule has 7 heteroatoms. The van der Waals surface area contributed by atoms with E-state index in [1.54, 1.807) is 0 Å². The van der Waals surface area contributed by atoms with Gasteiger partial charge in [0.15, 0.2) is 0 Å². The summed E-state index contributed by atoms with van der Waals surface area (Å²) in [5, 5.41) is 26.1. The Balaban J connectivity index is 0. The molecule has 0 unspecified atom stereocenters. The van der Waals surface area contributed by atoms with E-state index in [1.807, 2.05) is 0 Å². The summed E-state index contributed by atoms with van der Waals surface area (Å²) in [5.41, 5.74) is 0. The van der Waals surface area contributed by atoms with Crippen LogP contribution in [0.3, 0.4) is 0 Å². The number of benzene rings is 2. The van der Waals surface area contributed by atoms with Crippen LogP contribution in [-0.4, -0.2) is 34.7 Å². The smallest absolute Gasteiger partial charge is 0.290 e. The molecule has 0 fully saturated rings. The van der Waals surface area contributed by atoms with E-state index in [2.05, 4.69) is 54.6 Å². The Bertz CT molecular complexity index is 643. The van der Waals surface area contributed by atoms with E-state index < -0.39 is 0 Å². The SMILES string of the molecule is O=CO.O=CO.O=CO.[Ti].c1ccc2c(c1)[cH-]c1ccccc12. The molecular formula is C16H15O6Ti-. The Morgan fingerprint density at radius 3 is 1.22 bits per heavy atom. The zero-order chi connectivity index (χ0) is 16.8. The summed E-state index contributed by atoms with van der Waals surface area (Å²) in [5.74, 6) is 0. The third-order valence-corrected chi connectivity index (χ3v) is 2.52. The molecule has 3 rings (SSSR count). The predicted octanol–water partition coefficient (Wildman–Crippen LogP) is 2.81. The molecule has 0 saturated carbocycles. The first-order valence-electron chi connectivity index (χ1n) is 5.96. The van der Waals surface area contributed by atoms with Gasteiger partial charge in [-0.15, -0.1) is 39.7 Å². The molecule has 0 aliphatic rings. The van der Waals surface area contributed by atoms with Gasteiger partial charge in [-0.05, 0) is 0 Å². The molecule has 0 radical (unpaired) electrons. The minimum Gasteiger partial charge on any atom is -0.483 e. The van der Waals surface area contributed by atoms with E-state index in [9.17, 15) is 0 Å². The van der Waals surface area contributed by atoms with Gasteiger partial charge in [0.1, 0.15) is 0 Å². The molecular weight excluding hydrogens is 336 g/mol. The van der Waals surface area contributed by atoms with Gasteiger partial charge >= 0.3 is 0 Å². The van der Waals surface area contributed by atoms with Crippen molar-refractivity contribution >= 4 is 41.0 Å². The van der Waals surface area contributed by atoms with Gasteiger partial charge < -0.3 is 15.3 Å². The zero-order valence-electron chi connectivity index (χ0n) is 12.0. The van der Waals surface area contributed by atoms with Crippen LogP contribution in [0.2, 0.25) is 0 Å². The van der Waals surface area contributed by atoms with Crippen LogP contribution in [0.5, 0.6) is 0 Å². The fourth-order valence-corrected chi connectivity index (χ4v) is 1.90. The quantitative estimate of drug-likeness (QED) is 0.326. The van der Waals surface area contributed by atoms with Crippen molar-refractivity contribution in [3.8, 4) is 0 Å². The van der Waals surface area contributed by atoms with Crippen LogP contribution < -0.4 is 0 Å². The molecule has 0 atom stereocenters. The maximum atomic E-state index is 8.36. The van der Waals surface area contributed by atoms with Crippen molar-refractivity contribution in [3.05, 3.63) is 54.6 Å². The molecule has 3 aromatic rings. The van der Waals surface area contributed by atoms with Crippen LogP contribution >= 0.6 is 0 Å². The zero-order valence-corrected chi connectivity index (χ0v) is 13.6. The van der Waals surface area contributed by atoms with Crippen molar-refractivity contribution in [2.75, 3.05) is 0 Å². The number of carboxylic acid groups (broad SMARTS) is 3. The Labute approximate surface area is 147 Å². The summed E-state index contributed by atoms with van der Waals surface area (Å²) in [6, 6.07) is 19.3. The number of carbonyl (C=O) groups is 3. The first kappa shape index (κ1) is 22.7. The van der Waals surface area contributed by atoms with Crippen molar-refractivity contribution in [2.24, 2.45) is 0 Å². The van der Waals surface area contributed by atoms with Crippen LogP contribution in [-0.2, 0) is 36.1 Å². The molecule has 0 heterocycles. The van der Waals surface area contributed by atoms with Crippen LogP contribution in [0.15, 0.2) is 54.6 Å². The Morgan fingerprint density at radius 1 is 0.652 bits per heavy atom. The van der Waals surface area contributed by atoms with Crippen molar-refractivity contribution < 1.29 is 51.4 Å². The first-order chi connectivity index (χ1) is 10.7. The molecule has 23 heavy (non-hydrogen) atoms. The molecule has 120 valence electrons. The predicted molar refractivity (Wildman–Crippen MR) is 83.1 cm³/mol. The van der Waals surface area contributed by atoms with Crippen LogP contribution in [0, 0.1) is 0 Å². The average Bonchev–Trinajstić information content (AvgIpc) is 2.88. The Hall–Kier alpha value is -2.57. The molecule has 0 amide bonds. The van der Waals surface area contributed by atoms with Gasteiger partial charge in [-0.25, -0.2) is 0 Å². The second-order valence-corrected chi connectivity index (χ2v) is 3.64. The van der Waals surface area contributed by atoms with Crippen LogP contribution in [0.25, 0.3) is 21.5 Å². The Kier molecular flexibility index (Phi) is 14.2. The third-order valence-electron chi connectivity index (χ3n) is 2.52. The number of hydrogen-bond acceptors (Lipinski definition) is 3. The second kappa shape index (κ2) is 14.4. The van der Waals surface area contributed by atoms with E-state index in [0.29, 0.717) is 0 Å². The van der Waals surface area contributed by atoms with Crippen molar-refractivity contribution in [1.82, 2.24) is 0 Å².